The topological polar surface area (TPSA) is 161 Å². The minimum absolute atomic E-state index is 0.0701. The van der Waals surface area contributed by atoms with Gasteiger partial charge in [0, 0.05) is 0 Å². The highest BCUT2D eigenvalue weighted by Gasteiger charge is 2.23. The van der Waals surface area contributed by atoms with Crippen LogP contribution < -0.4 is 22.3 Å². The average molecular weight is 462 g/mol. The van der Waals surface area contributed by atoms with Gasteiger partial charge in [-0.25, -0.2) is 19.9 Å². The maximum atomic E-state index is 13.6. The number of rotatable bonds is 5. The van der Waals surface area contributed by atoms with Crippen LogP contribution in [0.2, 0.25) is 5.02 Å². The first-order chi connectivity index (χ1) is 15.8. The monoisotopic (exact) mass is 461 g/mol. The van der Waals surface area contributed by atoms with Gasteiger partial charge in [-0.1, -0.05) is 24.6 Å². The molecule has 166 valence electrons. The van der Waals surface area contributed by atoms with Gasteiger partial charge in [-0.15, -0.1) is 0 Å². The Hall–Kier alpha value is -4.23. The van der Waals surface area contributed by atoms with Crippen LogP contribution in [0.15, 0.2) is 41.3 Å². The van der Waals surface area contributed by atoms with Crippen molar-refractivity contribution in [3.05, 3.63) is 69.1 Å². The van der Waals surface area contributed by atoms with Gasteiger partial charge < -0.3 is 16.8 Å². The Balaban J connectivity index is 1.97. The Morgan fingerprint density at radius 3 is 2.67 bits per heavy atom. The molecule has 3 heterocycles. The molecule has 1 aromatic carbocycles. The number of pyridine rings is 1. The van der Waals surface area contributed by atoms with E-state index in [0.29, 0.717) is 40.1 Å². The fraction of sp³-hybridized carbons (Fsp3) is 0.182. The zero-order chi connectivity index (χ0) is 23.7. The standard InChI is InChI=1S/C22H20ClN9O/c1-3-15(30-20-13(9-24)19(26)28-11(2)29-20)21-31-16-6-4-5-14(23)18(16)22(33)32(21)12-7-8-17(25)27-10-12/h4-8,10,15H,3H2,1-2H3,(H2,25,27)(H3,26,28,29,30)/t15-/m0/s1. The first-order valence-corrected chi connectivity index (χ1v) is 10.5. The summed E-state index contributed by atoms with van der Waals surface area (Å²) in [6, 6.07) is 9.88. The van der Waals surface area contributed by atoms with Crippen molar-refractivity contribution in [2.24, 2.45) is 0 Å². The Labute approximate surface area is 193 Å². The van der Waals surface area contributed by atoms with Crippen molar-refractivity contribution in [2.45, 2.75) is 26.3 Å². The number of aromatic nitrogens is 5. The second kappa shape index (κ2) is 8.72. The highest BCUT2D eigenvalue weighted by atomic mass is 35.5. The third kappa shape index (κ3) is 4.02. The molecular formula is C22H20ClN9O. The maximum Gasteiger partial charge on any atom is 0.267 e. The van der Waals surface area contributed by atoms with Gasteiger partial charge in [-0.05, 0) is 37.6 Å². The van der Waals surface area contributed by atoms with Gasteiger partial charge in [-0.2, -0.15) is 5.26 Å². The third-order valence-electron chi connectivity index (χ3n) is 5.09. The summed E-state index contributed by atoms with van der Waals surface area (Å²) in [7, 11) is 0. The van der Waals surface area contributed by atoms with E-state index in [1.165, 1.54) is 10.8 Å². The minimum Gasteiger partial charge on any atom is -0.384 e. The van der Waals surface area contributed by atoms with Crippen LogP contribution in [0.1, 0.15) is 36.6 Å². The lowest BCUT2D eigenvalue weighted by molar-refractivity contribution is 0.657. The number of halogens is 1. The summed E-state index contributed by atoms with van der Waals surface area (Å²) >= 11 is 6.35. The third-order valence-corrected chi connectivity index (χ3v) is 5.41. The summed E-state index contributed by atoms with van der Waals surface area (Å²) in [6.07, 6.45) is 2.00. The molecule has 11 heteroatoms. The van der Waals surface area contributed by atoms with Gasteiger partial charge >= 0.3 is 0 Å². The molecule has 5 N–H and O–H groups in total. The first-order valence-electron chi connectivity index (χ1n) is 10.1. The Bertz CT molecular complexity index is 1460. The van der Waals surface area contributed by atoms with Crippen LogP contribution in [0, 0.1) is 18.3 Å². The molecule has 0 fully saturated rings. The predicted octanol–water partition coefficient (Wildman–Crippen LogP) is 3.13. The van der Waals surface area contributed by atoms with Gasteiger partial charge in [-0.3, -0.25) is 9.36 Å². The average Bonchev–Trinajstić information content (AvgIpc) is 2.78. The lowest BCUT2D eigenvalue weighted by Gasteiger charge is -2.23. The molecule has 1 atom stereocenters. The molecule has 0 aliphatic heterocycles. The maximum absolute atomic E-state index is 13.6. The van der Waals surface area contributed by atoms with Crippen molar-refractivity contribution in [3.8, 4) is 11.8 Å². The molecule has 3 aromatic heterocycles. The van der Waals surface area contributed by atoms with Gasteiger partial charge in [0.1, 0.15) is 34.9 Å². The summed E-state index contributed by atoms with van der Waals surface area (Å²) in [5.41, 5.74) is 12.3. The molecule has 0 aliphatic carbocycles. The molecule has 10 nitrogen and oxygen atoms in total. The Morgan fingerprint density at radius 2 is 2.00 bits per heavy atom. The van der Waals surface area contributed by atoms with Crippen molar-refractivity contribution >= 4 is 40.0 Å². The quantitative estimate of drug-likeness (QED) is 0.405. The normalized spacial score (nSPS) is 11.8. The molecule has 0 aliphatic rings. The lowest BCUT2D eigenvalue weighted by Crippen LogP contribution is -2.29. The number of hydrogen-bond acceptors (Lipinski definition) is 9. The number of nitrogen functional groups attached to an aromatic ring is 2. The molecule has 0 saturated heterocycles. The van der Waals surface area contributed by atoms with Gasteiger partial charge in [0.2, 0.25) is 0 Å². The van der Waals surface area contributed by atoms with Crippen LogP contribution in [0.25, 0.3) is 16.6 Å². The van der Waals surface area contributed by atoms with Crippen molar-refractivity contribution in [1.82, 2.24) is 24.5 Å². The smallest absolute Gasteiger partial charge is 0.267 e. The highest BCUT2D eigenvalue weighted by molar-refractivity contribution is 6.35. The largest absolute Gasteiger partial charge is 0.384 e. The number of anilines is 3. The van der Waals surface area contributed by atoms with Crippen molar-refractivity contribution in [1.29, 1.82) is 5.26 Å². The predicted molar refractivity (Wildman–Crippen MR) is 127 cm³/mol. The number of nitrogens with one attached hydrogen (secondary N) is 1. The number of nitrogens with two attached hydrogens (primary N) is 2. The number of benzene rings is 1. The molecule has 0 saturated carbocycles. The van der Waals surface area contributed by atoms with Gasteiger partial charge in [0.15, 0.2) is 5.82 Å². The lowest BCUT2D eigenvalue weighted by atomic mass is 10.1. The van der Waals surface area contributed by atoms with Crippen LogP contribution in [-0.2, 0) is 0 Å². The number of aryl methyl sites for hydroxylation is 1. The van der Waals surface area contributed by atoms with E-state index in [1.807, 2.05) is 13.0 Å². The van der Waals surface area contributed by atoms with E-state index >= 15 is 0 Å². The summed E-state index contributed by atoms with van der Waals surface area (Å²) in [4.78, 5) is 30.9. The van der Waals surface area contributed by atoms with Crippen molar-refractivity contribution in [2.75, 3.05) is 16.8 Å². The number of nitrogens with zero attached hydrogens (tertiary/aromatic N) is 6. The summed E-state index contributed by atoms with van der Waals surface area (Å²) in [6.45, 7) is 3.59. The zero-order valence-corrected chi connectivity index (χ0v) is 18.6. The second-order valence-electron chi connectivity index (χ2n) is 7.28. The van der Waals surface area contributed by atoms with E-state index in [0.717, 1.165) is 0 Å². The Morgan fingerprint density at radius 1 is 1.21 bits per heavy atom. The SMILES string of the molecule is CC[C@H](Nc1nc(C)nc(N)c1C#N)c1nc2cccc(Cl)c2c(=O)n1-c1ccc(N)nc1. The van der Waals surface area contributed by atoms with Crippen LogP contribution >= 0.6 is 11.6 Å². The van der Waals surface area contributed by atoms with E-state index in [-0.39, 0.29) is 28.1 Å². The highest BCUT2D eigenvalue weighted by Crippen LogP contribution is 2.28. The van der Waals surface area contributed by atoms with Crippen LogP contribution in [0.4, 0.5) is 17.5 Å². The fourth-order valence-electron chi connectivity index (χ4n) is 3.54. The van der Waals surface area contributed by atoms with Crippen LogP contribution in [0.5, 0.6) is 0 Å². The fourth-order valence-corrected chi connectivity index (χ4v) is 3.79. The molecule has 0 unspecified atom stereocenters. The number of nitriles is 1. The van der Waals surface area contributed by atoms with Crippen LogP contribution in [0.3, 0.4) is 0 Å². The molecule has 4 rings (SSSR count). The minimum atomic E-state index is -0.514. The summed E-state index contributed by atoms with van der Waals surface area (Å²) < 4.78 is 1.44. The van der Waals surface area contributed by atoms with Gasteiger partial charge in [0.05, 0.1) is 33.9 Å². The number of fused-ring (bicyclic) bond motifs is 1. The molecule has 4 aromatic rings. The molecule has 33 heavy (non-hydrogen) atoms. The molecule has 0 spiro atoms. The van der Waals surface area contributed by atoms with E-state index in [2.05, 4.69) is 20.3 Å². The number of hydrogen-bond donors (Lipinski definition) is 3. The van der Waals surface area contributed by atoms with Crippen molar-refractivity contribution in [3.63, 3.8) is 0 Å². The zero-order valence-electron chi connectivity index (χ0n) is 17.9. The van der Waals surface area contributed by atoms with Crippen molar-refractivity contribution < 1.29 is 0 Å². The summed E-state index contributed by atoms with van der Waals surface area (Å²) in [5, 5.41) is 13.4. The van der Waals surface area contributed by atoms with E-state index < -0.39 is 6.04 Å². The van der Waals surface area contributed by atoms with Crippen LogP contribution in [-0.4, -0.2) is 24.5 Å². The van der Waals surface area contributed by atoms with E-state index in [1.54, 1.807) is 37.3 Å². The van der Waals surface area contributed by atoms with Gasteiger partial charge in [0.25, 0.3) is 5.56 Å². The van der Waals surface area contributed by atoms with E-state index in [4.69, 9.17) is 28.1 Å². The van der Waals surface area contributed by atoms with E-state index in [9.17, 15) is 10.1 Å². The summed E-state index contributed by atoms with van der Waals surface area (Å²) in [5.74, 6) is 1.44. The Kier molecular flexibility index (Phi) is 5.81. The molecule has 0 amide bonds. The first kappa shape index (κ1) is 22.0. The molecule has 0 bridgehead atoms. The molecule has 0 radical (unpaired) electrons. The second-order valence-corrected chi connectivity index (χ2v) is 7.69. The molecular weight excluding hydrogens is 442 g/mol.